The number of nitrogens with zero attached hydrogens (tertiary/aromatic N) is 3. The summed E-state index contributed by atoms with van der Waals surface area (Å²) >= 11 is 0. The number of hydrogen-bond donors (Lipinski definition) is 2. The average molecular weight is 267 g/mol. The van der Waals surface area contributed by atoms with E-state index in [4.69, 9.17) is 4.74 Å². The van der Waals surface area contributed by atoms with Crippen LogP contribution in [0.3, 0.4) is 0 Å². The zero-order valence-electron chi connectivity index (χ0n) is 11.6. The lowest BCUT2D eigenvalue weighted by Crippen LogP contribution is -2.46. The Labute approximate surface area is 112 Å². The number of likely N-dealkylation sites (N-methyl/N-ethyl adjacent to an activating group) is 1. The number of carbonyl (C=O) groups excluding carboxylic acids is 1. The Morgan fingerprint density at radius 2 is 2.42 bits per heavy atom. The first kappa shape index (κ1) is 14.0. The van der Waals surface area contributed by atoms with E-state index in [9.17, 15) is 4.79 Å². The van der Waals surface area contributed by atoms with E-state index in [0.717, 1.165) is 18.9 Å². The highest BCUT2D eigenvalue weighted by atomic mass is 16.5. The van der Waals surface area contributed by atoms with Crippen LogP contribution in [0.15, 0.2) is 0 Å². The molecule has 0 saturated carbocycles. The topological polar surface area (TPSA) is 83.1 Å². The average Bonchev–Trinajstić information content (AvgIpc) is 2.86. The standard InChI is InChI=1S/C12H21N5O2/c1-8(2)10-14-11(16-15-10)12(18)13-6-9-7-17(3)4-5-19-9/h8-9H,4-7H2,1-3H3,(H,13,18)(H,14,15,16). The third-order valence-electron chi connectivity index (χ3n) is 3.08. The monoisotopic (exact) mass is 267 g/mol. The maximum atomic E-state index is 11.9. The van der Waals surface area contributed by atoms with Gasteiger partial charge in [-0.3, -0.25) is 9.89 Å². The molecule has 0 bridgehead atoms. The van der Waals surface area contributed by atoms with E-state index in [1.54, 1.807) is 0 Å². The Bertz CT molecular complexity index is 432. The Morgan fingerprint density at radius 3 is 3.05 bits per heavy atom. The molecule has 7 nitrogen and oxygen atoms in total. The molecular weight excluding hydrogens is 246 g/mol. The molecule has 1 fully saturated rings. The van der Waals surface area contributed by atoms with E-state index in [2.05, 4.69) is 25.4 Å². The second-order valence-corrected chi connectivity index (χ2v) is 5.16. The van der Waals surface area contributed by atoms with Crippen molar-refractivity contribution in [3.8, 4) is 0 Å². The van der Waals surface area contributed by atoms with Crippen LogP contribution in [0.5, 0.6) is 0 Å². The summed E-state index contributed by atoms with van der Waals surface area (Å²) in [6, 6.07) is 0. The molecule has 106 valence electrons. The van der Waals surface area contributed by atoms with Crippen LogP contribution in [0.2, 0.25) is 0 Å². The highest BCUT2D eigenvalue weighted by Gasteiger charge is 2.20. The normalized spacial score (nSPS) is 20.7. The Hall–Kier alpha value is -1.47. The number of hydrogen-bond acceptors (Lipinski definition) is 5. The molecule has 2 rings (SSSR count). The quantitative estimate of drug-likeness (QED) is 0.801. The van der Waals surface area contributed by atoms with Gasteiger partial charge in [0.05, 0.1) is 12.7 Å². The molecule has 0 aliphatic carbocycles. The molecule has 0 aromatic carbocycles. The fourth-order valence-electron chi connectivity index (χ4n) is 1.91. The summed E-state index contributed by atoms with van der Waals surface area (Å²) in [5.41, 5.74) is 0. The first-order chi connectivity index (χ1) is 9.06. The van der Waals surface area contributed by atoms with Crippen molar-refractivity contribution in [2.24, 2.45) is 0 Å². The van der Waals surface area contributed by atoms with Crippen molar-refractivity contribution in [2.45, 2.75) is 25.9 Å². The lowest BCUT2D eigenvalue weighted by atomic mass is 10.2. The van der Waals surface area contributed by atoms with Crippen LogP contribution in [0, 0.1) is 0 Å². The molecule has 19 heavy (non-hydrogen) atoms. The van der Waals surface area contributed by atoms with Gasteiger partial charge in [0.15, 0.2) is 0 Å². The molecule has 0 spiro atoms. The number of aromatic amines is 1. The second kappa shape index (κ2) is 6.12. The maximum Gasteiger partial charge on any atom is 0.291 e. The number of ether oxygens (including phenoxy) is 1. The maximum absolute atomic E-state index is 11.9. The van der Waals surface area contributed by atoms with E-state index >= 15 is 0 Å². The van der Waals surface area contributed by atoms with Gasteiger partial charge >= 0.3 is 0 Å². The van der Waals surface area contributed by atoms with Gasteiger partial charge in [-0.05, 0) is 7.05 Å². The van der Waals surface area contributed by atoms with E-state index in [1.165, 1.54) is 0 Å². The smallest absolute Gasteiger partial charge is 0.291 e. The first-order valence-corrected chi connectivity index (χ1v) is 6.57. The lowest BCUT2D eigenvalue weighted by molar-refractivity contribution is -0.0175. The largest absolute Gasteiger partial charge is 0.374 e. The number of rotatable bonds is 4. The minimum Gasteiger partial charge on any atom is -0.374 e. The summed E-state index contributed by atoms with van der Waals surface area (Å²) in [4.78, 5) is 18.2. The molecule has 1 aliphatic heterocycles. The van der Waals surface area contributed by atoms with Crippen molar-refractivity contribution >= 4 is 5.91 Å². The summed E-state index contributed by atoms with van der Waals surface area (Å²) in [7, 11) is 2.04. The molecule has 1 saturated heterocycles. The van der Waals surface area contributed by atoms with Crippen LogP contribution in [-0.4, -0.2) is 65.4 Å². The third-order valence-corrected chi connectivity index (χ3v) is 3.08. The summed E-state index contributed by atoms with van der Waals surface area (Å²) < 4.78 is 5.57. The molecule has 2 N–H and O–H groups in total. The molecule has 1 aliphatic rings. The third kappa shape index (κ3) is 3.74. The van der Waals surface area contributed by atoms with Gasteiger partial charge in [0, 0.05) is 25.6 Å². The fourth-order valence-corrected chi connectivity index (χ4v) is 1.91. The zero-order valence-corrected chi connectivity index (χ0v) is 11.6. The Morgan fingerprint density at radius 1 is 1.63 bits per heavy atom. The van der Waals surface area contributed by atoms with Crippen molar-refractivity contribution in [3.05, 3.63) is 11.6 Å². The summed E-state index contributed by atoms with van der Waals surface area (Å²) in [5.74, 6) is 0.871. The Kier molecular flexibility index (Phi) is 4.49. The Balaban J connectivity index is 1.83. The van der Waals surface area contributed by atoms with Gasteiger partial charge in [-0.1, -0.05) is 13.8 Å². The van der Waals surface area contributed by atoms with Crippen LogP contribution < -0.4 is 5.32 Å². The van der Waals surface area contributed by atoms with Crippen molar-refractivity contribution in [3.63, 3.8) is 0 Å². The van der Waals surface area contributed by atoms with Crippen molar-refractivity contribution in [1.29, 1.82) is 0 Å². The highest BCUT2D eigenvalue weighted by molar-refractivity contribution is 5.90. The summed E-state index contributed by atoms with van der Waals surface area (Å²) in [6.45, 7) is 6.93. The molecule has 1 aromatic heterocycles. The molecule has 7 heteroatoms. The molecular formula is C12H21N5O2. The van der Waals surface area contributed by atoms with Crippen molar-refractivity contribution in [1.82, 2.24) is 25.4 Å². The molecule has 1 unspecified atom stereocenters. The van der Waals surface area contributed by atoms with Gasteiger partial charge in [-0.2, -0.15) is 0 Å². The highest BCUT2D eigenvalue weighted by Crippen LogP contribution is 2.07. The number of aromatic nitrogens is 3. The van der Waals surface area contributed by atoms with Gasteiger partial charge in [-0.15, -0.1) is 5.10 Å². The predicted octanol–water partition coefficient (Wildman–Crippen LogP) is -0.0115. The fraction of sp³-hybridized carbons (Fsp3) is 0.750. The second-order valence-electron chi connectivity index (χ2n) is 5.16. The van der Waals surface area contributed by atoms with Gasteiger partial charge in [0.1, 0.15) is 5.82 Å². The van der Waals surface area contributed by atoms with E-state index in [0.29, 0.717) is 13.2 Å². The molecule has 0 radical (unpaired) electrons. The number of amides is 1. The number of carbonyl (C=O) groups is 1. The number of nitrogens with one attached hydrogen (secondary N) is 2. The van der Waals surface area contributed by atoms with Crippen LogP contribution >= 0.6 is 0 Å². The predicted molar refractivity (Wildman–Crippen MR) is 70.0 cm³/mol. The minimum atomic E-state index is -0.264. The molecule has 2 heterocycles. The van der Waals surface area contributed by atoms with E-state index in [-0.39, 0.29) is 23.8 Å². The van der Waals surface area contributed by atoms with Crippen LogP contribution in [0.4, 0.5) is 0 Å². The van der Waals surface area contributed by atoms with E-state index in [1.807, 2.05) is 20.9 Å². The summed E-state index contributed by atoms with van der Waals surface area (Å²) in [5, 5.41) is 9.49. The molecule has 1 atom stereocenters. The van der Waals surface area contributed by atoms with E-state index < -0.39 is 0 Å². The molecule has 1 amide bonds. The van der Waals surface area contributed by atoms with Crippen LogP contribution in [0.1, 0.15) is 36.2 Å². The lowest BCUT2D eigenvalue weighted by Gasteiger charge is -2.29. The van der Waals surface area contributed by atoms with Crippen LogP contribution in [0.25, 0.3) is 0 Å². The minimum absolute atomic E-state index is 0.0335. The molecule has 1 aromatic rings. The number of H-pyrrole nitrogens is 1. The van der Waals surface area contributed by atoms with Crippen molar-refractivity contribution in [2.75, 3.05) is 33.3 Å². The van der Waals surface area contributed by atoms with Gasteiger partial charge < -0.3 is 15.0 Å². The van der Waals surface area contributed by atoms with Crippen LogP contribution in [-0.2, 0) is 4.74 Å². The summed E-state index contributed by atoms with van der Waals surface area (Å²) in [6.07, 6.45) is 0.0335. The van der Waals surface area contributed by atoms with Gasteiger partial charge in [0.25, 0.3) is 5.91 Å². The van der Waals surface area contributed by atoms with Gasteiger partial charge in [0.2, 0.25) is 5.82 Å². The number of morpholine rings is 1. The van der Waals surface area contributed by atoms with Gasteiger partial charge in [-0.25, -0.2) is 4.98 Å². The zero-order chi connectivity index (χ0) is 13.8. The SMILES string of the molecule is CC(C)c1nc(C(=O)NCC2CN(C)CCO2)n[nH]1. The first-order valence-electron chi connectivity index (χ1n) is 6.57. The van der Waals surface area contributed by atoms with Crippen molar-refractivity contribution < 1.29 is 9.53 Å².